The van der Waals surface area contributed by atoms with Gasteiger partial charge in [0.05, 0.1) is 25.8 Å². The molecule has 4 nitrogen and oxygen atoms in total. The summed E-state index contributed by atoms with van der Waals surface area (Å²) in [6, 6.07) is 17.3. The maximum Gasteiger partial charge on any atom is 0.335 e. The highest BCUT2D eigenvalue weighted by atomic mass is 16.5. The fourth-order valence-corrected chi connectivity index (χ4v) is 2.53. The van der Waals surface area contributed by atoms with Crippen LogP contribution >= 0.6 is 0 Å². The molecule has 0 saturated heterocycles. The average Bonchev–Trinajstić information content (AvgIpc) is 2.65. The molecule has 2 atom stereocenters. The van der Waals surface area contributed by atoms with Crippen LogP contribution in [0.25, 0.3) is 0 Å². The highest BCUT2D eigenvalue weighted by Gasteiger charge is 2.23. The molecule has 0 aliphatic carbocycles. The zero-order valence-corrected chi connectivity index (χ0v) is 14.3. The third-order valence-corrected chi connectivity index (χ3v) is 3.96. The van der Waals surface area contributed by atoms with Crippen LogP contribution in [0.5, 0.6) is 5.75 Å². The molecule has 0 spiro atoms. The largest absolute Gasteiger partial charge is 0.497 e. The molecule has 2 aromatic rings. The van der Waals surface area contributed by atoms with Gasteiger partial charge in [0.2, 0.25) is 0 Å². The molecule has 0 heterocycles. The summed E-state index contributed by atoms with van der Waals surface area (Å²) in [5.74, 6) is 0.391. The highest BCUT2D eigenvalue weighted by Crippen LogP contribution is 2.26. The Bertz CT molecular complexity index is 680. The van der Waals surface area contributed by atoms with Gasteiger partial charge in [0.25, 0.3) is 0 Å². The normalized spacial score (nSPS) is 13.0. The number of hydrogen-bond acceptors (Lipinski definition) is 4. The Labute approximate surface area is 143 Å². The minimum absolute atomic E-state index is 0.0162. The minimum atomic E-state index is -0.418. The Morgan fingerprint density at radius 1 is 1.00 bits per heavy atom. The summed E-state index contributed by atoms with van der Waals surface area (Å²) in [6.45, 7) is 5.96. The monoisotopic (exact) mass is 325 g/mol. The lowest BCUT2D eigenvalue weighted by molar-refractivity contribution is -0.136. The first-order chi connectivity index (χ1) is 11.6. The van der Waals surface area contributed by atoms with Gasteiger partial charge in [-0.25, -0.2) is 4.79 Å². The lowest BCUT2D eigenvalue weighted by atomic mass is 9.97. The number of benzene rings is 2. The zero-order chi connectivity index (χ0) is 17.5. The van der Waals surface area contributed by atoms with E-state index < -0.39 is 5.97 Å². The maximum atomic E-state index is 11.9. The number of ether oxygens (including phenoxy) is 2. The van der Waals surface area contributed by atoms with E-state index >= 15 is 0 Å². The molecule has 0 saturated carbocycles. The maximum absolute atomic E-state index is 11.9. The molecule has 0 amide bonds. The first-order valence-corrected chi connectivity index (χ1v) is 7.79. The van der Waals surface area contributed by atoms with E-state index in [2.05, 4.69) is 11.9 Å². The fraction of sp³-hybridized carbons (Fsp3) is 0.250. The molecule has 0 fully saturated rings. The van der Waals surface area contributed by atoms with Gasteiger partial charge in [0.1, 0.15) is 5.75 Å². The topological polar surface area (TPSA) is 47.6 Å². The van der Waals surface area contributed by atoms with Crippen molar-refractivity contribution in [1.82, 2.24) is 5.32 Å². The second-order valence-corrected chi connectivity index (χ2v) is 5.52. The molecule has 0 aliphatic rings. The van der Waals surface area contributed by atoms with Crippen LogP contribution in [0.1, 0.15) is 30.1 Å². The summed E-state index contributed by atoms with van der Waals surface area (Å²) in [5, 5.41) is 3.46. The van der Waals surface area contributed by atoms with Crippen molar-refractivity contribution in [1.29, 1.82) is 0 Å². The molecular formula is C20H23NO3. The van der Waals surface area contributed by atoms with Gasteiger partial charge in [-0.1, -0.05) is 49.0 Å². The van der Waals surface area contributed by atoms with Crippen molar-refractivity contribution in [3.05, 3.63) is 77.9 Å². The van der Waals surface area contributed by atoms with Crippen molar-refractivity contribution in [2.75, 3.05) is 14.2 Å². The Morgan fingerprint density at radius 2 is 1.62 bits per heavy atom. The van der Waals surface area contributed by atoms with Gasteiger partial charge in [-0.15, -0.1) is 0 Å². The van der Waals surface area contributed by atoms with Crippen LogP contribution in [0.3, 0.4) is 0 Å². The molecule has 4 heteroatoms. The van der Waals surface area contributed by atoms with Crippen molar-refractivity contribution >= 4 is 5.97 Å². The number of rotatable bonds is 7. The highest BCUT2D eigenvalue weighted by molar-refractivity contribution is 5.89. The van der Waals surface area contributed by atoms with Crippen LogP contribution < -0.4 is 10.1 Å². The SMILES string of the molecule is C=C(C(=O)OC)[C@@H](N[C@@H](C)c1ccc(OC)cc1)c1ccccc1. The van der Waals surface area contributed by atoms with E-state index in [1.807, 2.05) is 61.5 Å². The second kappa shape index (κ2) is 8.31. The van der Waals surface area contributed by atoms with E-state index in [1.54, 1.807) is 7.11 Å². The van der Waals surface area contributed by atoms with Crippen LogP contribution in [0.4, 0.5) is 0 Å². The standard InChI is InChI=1S/C20H23NO3/c1-14(20(22)24-4)19(17-8-6-5-7-9-17)21-15(2)16-10-12-18(23-3)13-11-16/h5-13,15,19,21H,1H2,2-4H3/t15-,19+/m0/s1. The van der Waals surface area contributed by atoms with E-state index in [9.17, 15) is 4.79 Å². The smallest absolute Gasteiger partial charge is 0.335 e. The minimum Gasteiger partial charge on any atom is -0.497 e. The molecular weight excluding hydrogens is 302 g/mol. The quantitative estimate of drug-likeness (QED) is 0.621. The molecule has 0 aromatic heterocycles. The number of carbonyl (C=O) groups is 1. The Hall–Kier alpha value is -2.59. The van der Waals surface area contributed by atoms with Crippen molar-refractivity contribution in [3.63, 3.8) is 0 Å². The Morgan fingerprint density at radius 3 is 2.17 bits per heavy atom. The van der Waals surface area contributed by atoms with Gasteiger partial charge in [0.15, 0.2) is 0 Å². The molecule has 0 radical (unpaired) electrons. The van der Waals surface area contributed by atoms with E-state index in [0.717, 1.165) is 16.9 Å². The van der Waals surface area contributed by atoms with Gasteiger partial charge in [0, 0.05) is 6.04 Å². The van der Waals surface area contributed by atoms with Crippen molar-refractivity contribution in [3.8, 4) is 5.75 Å². The van der Waals surface area contributed by atoms with E-state index in [4.69, 9.17) is 9.47 Å². The number of hydrogen-bond donors (Lipinski definition) is 1. The van der Waals surface area contributed by atoms with Gasteiger partial charge >= 0.3 is 5.97 Å². The molecule has 2 rings (SSSR count). The van der Waals surface area contributed by atoms with E-state index in [1.165, 1.54) is 7.11 Å². The van der Waals surface area contributed by atoms with Crippen LogP contribution in [-0.4, -0.2) is 20.2 Å². The van der Waals surface area contributed by atoms with Crippen LogP contribution in [0.2, 0.25) is 0 Å². The molecule has 2 aromatic carbocycles. The summed E-state index contributed by atoms with van der Waals surface area (Å²) < 4.78 is 10.0. The number of carbonyl (C=O) groups excluding carboxylic acids is 1. The average molecular weight is 325 g/mol. The molecule has 0 bridgehead atoms. The summed E-state index contributed by atoms with van der Waals surface area (Å²) in [5.41, 5.74) is 2.44. The van der Waals surface area contributed by atoms with Gasteiger partial charge < -0.3 is 9.47 Å². The zero-order valence-electron chi connectivity index (χ0n) is 14.3. The molecule has 0 unspecified atom stereocenters. The third-order valence-electron chi connectivity index (χ3n) is 3.96. The van der Waals surface area contributed by atoms with Gasteiger partial charge in [-0.05, 0) is 30.2 Å². The third kappa shape index (κ3) is 4.24. The first-order valence-electron chi connectivity index (χ1n) is 7.79. The summed E-state index contributed by atoms with van der Waals surface area (Å²) in [7, 11) is 3.00. The summed E-state index contributed by atoms with van der Waals surface area (Å²) >= 11 is 0. The Kier molecular flexibility index (Phi) is 6.15. The van der Waals surface area contributed by atoms with E-state index in [0.29, 0.717) is 5.57 Å². The molecule has 0 aliphatic heterocycles. The van der Waals surface area contributed by atoms with Crippen molar-refractivity contribution in [2.45, 2.75) is 19.0 Å². The van der Waals surface area contributed by atoms with Crippen molar-refractivity contribution in [2.24, 2.45) is 0 Å². The van der Waals surface area contributed by atoms with Crippen LogP contribution in [-0.2, 0) is 9.53 Å². The predicted octanol–water partition coefficient (Wildman–Crippen LogP) is 3.82. The van der Waals surface area contributed by atoms with Crippen LogP contribution in [0.15, 0.2) is 66.7 Å². The number of methoxy groups -OCH3 is 2. The van der Waals surface area contributed by atoms with Gasteiger partial charge in [-0.2, -0.15) is 0 Å². The van der Waals surface area contributed by atoms with E-state index in [-0.39, 0.29) is 12.1 Å². The second-order valence-electron chi connectivity index (χ2n) is 5.52. The number of esters is 1. The van der Waals surface area contributed by atoms with Crippen molar-refractivity contribution < 1.29 is 14.3 Å². The lowest BCUT2D eigenvalue weighted by Gasteiger charge is -2.25. The number of nitrogens with one attached hydrogen (secondary N) is 1. The van der Waals surface area contributed by atoms with Gasteiger partial charge in [-0.3, -0.25) is 5.32 Å². The summed E-state index contributed by atoms with van der Waals surface area (Å²) in [6.07, 6.45) is 0. The molecule has 1 N–H and O–H groups in total. The molecule has 126 valence electrons. The fourth-order valence-electron chi connectivity index (χ4n) is 2.53. The molecule has 24 heavy (non-hydrogen) atoms. The Balaban J connectivity index is 2.23. The first kappa shape index (κ1) is 17.8. The predicted molar refractivity (Wildman–Crippen MR) is 94.9 cm³/mol. The summed E-state index contributed by atoms with van der Waals surface area (Å²) in [4.78, 5) is 11.9. The lowest BCUT2D eigenvalue weighted by Crippen LogP contribution is -2.29. The van der Waals surface area contributed by atoms with Crippen LogP contribution in [0, 0.1) is 0 Å².